The number of benzene rings is 3. The van der Waals surface area contributed by atoms with Gasteiger partial charge < -0.3 is 15.2 Å². The number of hydrazone groups is 1. The van der Waals surface area contributed by atoms with Gasteiger partial charge in [0, 0.05) is 5.56 Å². The van der Waals surface area contributed by atoms with Crippen molar-refractivity contribution in [3.05, 3.63) is 89.0 Å². The fraction of sp³-hybridized carbons (Fsp3) is 0.167. The third kappa shape index (κ3) is 6.11. The number of aryl methyl sites for hydroxylation is 1. The zero-order valence-electron chi connectivity index (χ0n) is 18.3. The highest BCUT2D eigenvalue weighted by Gasteiger charge is 2.13. The van der Waals surface area contributed by atoms with Gasteiger partial charge in [-0.2, -0.15) is 13.5 Å². The number of carbonyl (C=O) groups is 1. The van der Waals surface area contributed by atoms with Crippen molar-refractivity contribution in [2.24, 2.45) is 10.8 Å². The van der Waals surface area contributed by atoms with Gasteiger partial charge in [0.25, 0.3) is 15.9 Å². The Morgan fingerprint density at radius 1 is 1.06 bits per heavy atom. The van der Waals surface area contributed by atoms with Crippen LogP contribution in [0, 0.1) is 0 Å². The molecule has 0 fully saturated rings. The maximum absolute atomic E-state index is 12.4. The molecule has 3 rings (SSSR count). The summed E-state index contributed by atoms with van der Waals surface area (Å²) >= 11 is 0. The summed E-state index contributed by atoms with van der Waals surface area (Å²) in [6.07, 6.45) is 2.21. The zero-order valence-corrected chi connectivity index (χ0v) is 19.1. The first-order valence-corrected chi connectivity index (χ1v) is 11.6. The fourth-order valence-electron chi connectivity index (χ4n) is 3.07. The molecule has 8 nitrogen and oxygen atoms in total. The molecule has 3 N–H and O–H groups in total. The van der Waals surface area contributed by atoms with E-state index < -0.39 is 15.9 Å². The van der Waals surface area contributed by atoms with Crippen LogP contribution in [0.3, 0.4) is 0 Å². The maximum Gasteiger partial charge on any atom is 0.276 e. The van der Waals surface area contributed by atoms with Crippen LogP contribution in [-0.4, -0.2) is 27.6 Å². The van der Waals surface area contributed by atoms with Gasteiger partial charge in [0.1, 0.15) is 18.1 Å². The molecule has 0 aliphatic heterocycles. The quantitative estimate of drug-likeness (QED) is 0.350. The summed E-state index contributed by atoms with van der Waals surface area (Å²) in [5, 5.41) is 3.88. The van der Waals surface area contributed by atoms with E-state index in [0.29, 0.717) is 22.6 Å². The molecule has 0 saturated carbocycles. The molecule has 3 aromatic carbocycles. The second kappa shape index (κ2) is 10.6. The minimum Gasteiger partial charge on any atom is -0.496 e. The number of para-hydroxylation sites is 1. The smallest absolute Gasteiger partial charge is 0.276 e. The summed E-state index contributed by atoms with van der Waals surface area (Å²) in [4.78, 5) is 13.9. The van der Waals surface area contributed by atoms with Gasteiger partial charge in [-0.05, 0) is 60.0 Å². The van der Waals surface area contributed by atoms with Crippen LogP contribution >= 0.6 is 0 Å². The number of nitrogens with two attached hydrogens (primary N) is 1. The number of sulfonamides is 1. The average molecular weight is 468 g/mol. The number of primary amides is 1. The van der Waals surface area contributed by atoms with Crippen molar-refractivity contribution < 1.29 is 22.7 Å². The van der Waals surface area contributed by atoms with Crippen molar-refractivity contribution in [2.75, 3.05) is 7.11 Å². The van der Waals surface area contributed by atoms with E-state index in [0.717, 1.165) is 12.0 Å². The Bertz CT molecular complexity index is 1260. The lowest BCUT2D eigenvalue weighted by Crippen LogP contribution is -2.18. The molecule has 0 aliphatic rings. The number of carbonyl (C=O) groups excluding carboxylic acids is 1. The normalized spacial score (nSPS) is 11.3. The van der Waals surface area contributed by atoms with E-state index in [1.54, 1.807) is 66.7 Å². The van der Waals surface area contributed by atoms with Crippen LogP contribution in [0.25, 0.3) is 0 Å². The van der Waals surface area contributed by atoms with Crippen LogP contribution in [0.1, 0.15) is 34.0 Å². The first-order valence-electron chi connectivity index (χ1n) is 10.2. The standard InChI is InChI=1S/C24H25N3O5S/c1-3-17-8-11-20(12-9-17)33(29,30)27-26-15-18-10-13-22(31-2)19(14-18)16-32-23-7-5-4-6-21(23)24(25)28/h4-15,27H,3,16H2,1-2H3,(H2,25,28). The Balaban J connectivity index is 1.73. The Morgan fingerprint density at radius 3 is 2.45 bits per heavy atom. The van der Waals surface area contributed by atoms with Gasteiger partial charge in [-0.3, -0.25) is 4.79 Å². The second-order valence-corrected chi connectivity index (χ2v) is 8.73. The van der Waals surface area contributed by atoms with Gasteiger partial charge in [-0.25, -0.2) is 4.83 Å². The molecule has 0 saturated heterocycles. The van der Waals surface area contributed by atoms with Crippen molar-refractivity contribution in [3.8, 4) is 11.5 Å². The number of hydrogen-bond acceptors (Lipinski definition) is 6. The van der Waals surface area contributed by atoms with Gasteiger partial charge in [-0.15, -0.1) is 0 Å². The highest BCUT2D eigenvalue weighted by molar-refractivity contribution is 7.89. The molecule has 0 heterocycles. The first-order chi connectivity index (χ1) is 15.8. The molecule has 0 atom stereocenters. The van der Waals surface area contributed by atoms with E-state index in [1.165, 1.54) is 13.3 Å². The first kappa shape index (κ1) is 23.8. The van der Waals surface area contributed by atoms with Crippen molar-refractivity contribution in [2.45, 2.75) is 24.8 Å². The summed E-state index contributed by atoms with van der Waals surface area (Å²) in [6, 6.07) is 18.5. The monoisotopic (exact) mass is 467 g/mol. The number of hydrogen-bond donors (Lipinski definition) is 2. The van der Waals surface area contributed by atoms with E-state index in [-0.39, 0.29) is 17.1 Å². The Kier molecular flexibility index (Phi) is 7.68. The predicted molar refractivity (Wildman–Crippen MR) is 126 cm³/mol. The Hall–Kier alpha value is -3.85. The van der Waals surface area contributed by atoms with Crippen LogP contribution in [-0.2, 0) is 23.1 Å². The number of rotatable bonds is 10. The van der Waals surface area contributed by atoms with E-state index in [4.69, 9.17) is 15.2 Å². The molecular formula is C24H25N3O5S. The zero-order chi connectivity index (χ0) is 23.8. The third-order valence-electron chi connectivity index (χ3n) is 4.87. The van der Waals surface area contributed by atoms with Crippen molar-refractivity contribution in [3.63, 3.8) is 0 Å². The molecule has 9 heteroatoms. The number of ether oxygens (including phenoxy) is 2. The Morgan fingerprint density at radius 2 is 1.79 bits per heavy atom. The summed E-state index contributed by atoms with van der Waals surface area (Å²) in [7, 11) is -2.25. The molecule has 0 aromatic heterocycles. The minimum atomic E-state index is -3.78. The van der Waals surface area contributed by atoms with Crippen LogP contribution in [0.5, 0.6) is 11.5 Å². The van der Waals surface area contributed by atoms with Crippen LogP contribution in [0.4, 0.5) is 0 Å². The van der Waals surface area contributed by atoms with E-state index in [1.807, 2.05) is 6.92 Å². The third-order valence-corrected chi connectivity index (χ3v) is 6.11. The molecule has 0 spiro atoms. The summed E-state index contributed by atoms with van der Waals surface area (Å²) in [5.41, 5.74) is 8.02. The lowest BCUT2D eigenvalue weighted by molar-refractivity contribution is 0.0996. The topological polar surface area (TPSA) is 120 Å². The summed E-state index contributed by atoms with van der Waals surface area (Å²) in [5.74, 6) is 0.336. The molecule has 0 radical (unpaired) electrons. The molecule has 0 bridgehead atoms. The van der Waals surface area contributed by atoms with Gasteiger partial charge in [0.2, 0.25) is 0 Å². The molecule has 0 aliphatic carbocycles. The van der Waals surface area contributed by atoms with E-state index in [9.17, 15) is 13.2 Å². The lowest BCUT2D eigenvalue weighted by atomic mass is 10.1. The van der Waals surface area contributed by atoms with Crippen LogP contribution in [0.2, 0.25) is 0 Å². The minimum absolute atomic E-state index is 0.102. The second-order valence-electron chi connectivity index (χ2n) is 7.07. The van der Waals surface area contributed by atoms with Gasteiger partial charge in [0.05, 0.1) is 23.8 Å². The van der Waals surface area contributed by atoms with Gasteiger partial charge in [0.15, 0.2) is 0 Å². The van der Waals surface area contributed by atoms with Gasteiger partial charge in [-0.1, -0.05) is 31.2 Å². The molecular weight excluding hydrogens is 442 g/mol. The Labute approximate surface area is 193 Å². The van der Waals surface area contributed by atoms with E-state index >= 15 is 0 Å². The number of nitrogens with one attached hydrogen (secondary N) is 1. The van der Waals surface area contributed by atoms with Crippen molar-refractivity contribution in [1.29, 1.82) is 0 Å². The molecule has 172 valence electrons. The van der Waals surface area contributed by atoms with Crippen molar-refractivity contribution in [1.82, 2.24) is 4.83 Å². The summed E-state index contributed by atoms with van der Waals surface area (Å²) < 4.78 is 36.0. The SMILES string of the molecule is CCc1ccc(S(=O)(=O)NN=Cc2ccc(OC)c(COc3ccccc3C(N)=O)c2)cc1. The predicted octanol–water partition coefficient (Wildman–Crippen LogP) is 3.25. The molecule has 3 aromatic rings. The lowest BCUT2D eigenvalue weighted by Gasteiger charge is -2.13. The van der Waals surface area contributed by atoms with Crippen LogP contribution < -0.4 is 20.0 Å². The maximum atomic E-state index is 12.4. The highest BCUT2D eigenvalue weighted by atomic mass is 32.2. The highest BCUT2D eigenvalue weighted by Crippen LogP contribution is 2.24. The average Bonchev–Trinajstić information content (AvgIpc) is 2.83. The molecule has 0 unspecified atom stereocenters. The van der Waals surface area contributed by atoms with Crippen LogP contribution in [0.15, 0.2) is 76.7 Å². The van der Waals surface area contributed by atoms with Crippen molar-refractivity contribution >= 4 is 22.1 Å². The molecule has 1 amide bonds. The van der Waals surface area contributed by atoms with Gasteiger partial charge >= 0.3 is 0 Å². The number of methoxy groups -OCH3 is 1. The summed E-state index contributed by atoms with van der Waals surface area (Å²) in [6.45, 7) is 2.10. The van der Waals surface area contributed by atoms with E-state index in [2.05, 4.69) is 9.93 Å². The largest absolute Gasteiger partial charge is 0.496 e. The fourth-order valence-corrected chi connectivity index (χ4v) is 3.86. The number of nitrogens with zero attached hydrogens (tertiary/aromatic N) is 1. The number of amides is 1. The molecule has 33 heavy (non-hydrogen) atoms.